The zero-order valence-corrected chi connectivity index (χ0v) is 12.4. The minimum atomic E-state index is 0.241. The molecular formula is C13H20ClN5O. The van der Waals surface area contributed by atoms with E-state index in [0.29, 0.717) is 24.0 Å². The molecule has 20 heavy (non-hydrogen) atoms. The van der Waals surface area contributed by atoms with Crippen molar-refractivity contribution in [1.29, 1.82) is 0 Å². The fourth-order valence-electron chi connectivity index (χ4n) is 3.05. The number of hydrogen-bond donors (Lipinski definition) is 1. The lowest BCUT2D eigenvalue weighted by molar-refractivity contribution is -0.00932. The van der Waals surface area contributed by atoms with Gasteiger partial charge in [0.2, 0.25) is 17.2 Å². The Balaban J connectivity index is 1.86. The Morgan fingerprint density at radius 1 is 1.30 bits per heavy atom. The maximum atomic E-state index is 6.02. The second-order valence-corrected chi connectivity index (χ2v) is 5.55. The van der Waals surface area contributed by atoms with Crippen LogP contribution >= 0.6 is 11.6 Å². The molecule has 1 aliphatic heterocycles. The van der Waals surface area contributed by atoms with Crippen LogP contribution in [0.15, 0.2) is 0 Å². The monoisotopic (exact) mass is 297 g/mol. The van der Waals surface area contributed by atoms with E-state index in [0.717, 1.165) is 32.5 Å². The van der Waals surface area contributed by atoms with Crippen molar-refractivity contribution >= 4 is 23.5 Å². The Morgan fingerprint density at radius 3 is 3.00 bits per heavy atom. The summed E-state index contributed by atoms with van der Waals surface area (Å²) in [6, 6.07) is 0.366. The molecule has 2 fully saturated rings. The number of halogens is 1. The van der Waals surface area contributed by atoms with Gasteiger partial charge in [-0.1, -0.05) is 12.8 Å². The number of nitrogens with one attached hydrogen (secondary N) is 1. The van der Waals surface area contributed by atoms with Crippen LogP contribution in [0.25, 0.3) is 0 Å². The lowest BCUT2D eigenvalue weighted by Crippen LogP contribution is -2.53. The molecular weight excluding hydrogens is 278 g/mol. The molecule has 1 N–H and O–H groups in total. The van der Waals surface area contributed by atoms with Crippen LogP contribution in [-0.2, 0) is 4.74 Å². The van der Waals surface area contributed by atoms with E-state index in [2.05, 4.69) is 25.2 Å². The standard InChI is InChI=1S/C13H20ClN5O/c1-2-15-12-16-11(14)17-13(18-12)19-7-8-20-10-6-4-3-5-9(10)19/h9-10H,2-8H2,1H3,(H,15,16,17,18). The molecule has 0 radical (unpaired) electrons. The average Bonchev–Trinajstić information content (AvgIpc) is 2.46. The van der Waals surface area contributed by atoms with E-state index in [9.17, 15) is 0 Å². The van der Waals surface area contributed by atoms with Crippen LogP contribution in [0.1, 0.15) is 32.6 Å². The van der Waals surface area contributed by atoms with Gasteiger partial charge in [-0.2, -0.15) is 15.0 Å². The van der Waals surface area contributed by atoms with Crippen LogP contribution in [0.2, 0.25) is 5.28 Å². The smallest absolute Gasteiger partial charge is 0.231 e. The van der Waals surface area contributed by atoms with E-state index < -0.39 is 0 Å². The van der Waals surface area contributed by atoms with Crippen molar-refractivity contribution in [3.05, 3.63) is 5.28 Å². The van der Waals surface area contributed by atoms with Gasteiger partial charge in [0.15, 0.2) is 0 Å². The van der Waals surface area contributed by atoms with Gasteiger partial charge >= 0.3 is 0 Å². The van der Waals surface area contributed by atoms with Gasteiger partial charge in [0.1, 0.15) is 0 Å². The van der Waals surface area contributed by atoms with Crippen molar-refractivity contribution in [2.75, 3.05) is 29.9 Å². The van der Waals surface area contributed by atoms with Crippen LogP contribution in [-0.4, -0.2) is 46.8 Å². The summed E-state index contributed by atoms with van der Waals surface area (Å²) in [5.41, 5.74) is 0. The SMILES string of the molecule is CCNc1nc(Cl)nc(N2CCOC3CCCCC32)n1. The lowest BCUT2D eigenvalue weighted by atomic mass is 9.90. The molecule has 1 aromatic heterocycles. The summed E-state index contributed by atoms with van der Waals surface area (Å²) in [5, 5.41) is 3.34. The molecule has 1 saturated heterocycles. The van der Waals surface area contributed by atoms with E-state index >= 15 is 0 Å². The number of rotatable bonds is 3. The van der Waals surface area contributed by atoms with Crippen molar-refractivity contribution in [2.24, 2.45) is 0 Å². The van der Waals surface area contributed by atoms with Crippen molar-refractivity contribution in [3.63, 3.8) is 0 Å². The Bertz CT molecular complexity index is 470. The Kier molecular flexibility index (Phi) is 4.21. The van der Waals surface area contributed by atoms with Crippen molar-refractivity contribution in [3.8, 4) is 0 Å². The third-order valence-corrected chi connectivity index (χ3v) is 4.09. The minimum Gasteiger partial charge on any atom is -0.374 e. The minimum absolute atomic E-state index is 0.241. The van der Waals surface area contributed by atoms with Crippen molar-refractivity contribution < 1.29 is 4.74 Å². The normalized spacial score (nSPS) is 26.2. The molecule has 2 unspecified atom stereocenters. The molecule has 6 nitrogen and oxygen atoms in total. The Hall–Kier alpha value is -1.14. The molecule has 2 aliphatic rings. The van der Waals surface area contributed by atoms with Crippen LogP contribution in [0.4, 0.5) is 11.9 Å². The third-order valence-electron chi connectivity index (χ3n) is 3.92. The van der Waals surface area contributed by atoms with E-state index in [-0.39, 0.29) is 5.28 Å². The highest BCUT2D eigenvalue weighted by atomic mass is 35.5. The maximum Gasteiger partial charge on any atom is 0.231 e. The second kappa shape index (κ2) is 6.10. The first-order valence-corrected chi connectivity index (χ1v) is 7.69. The van der Waals surface area contributed by atoms with Gasteiger partial charge in [0.25, 0.3) is 0 Å². The van der Waals surface area contributed by atoms with Gasteiger partial charge in [-0.05, 0) is 31.4 Å². The number of aromatic nitrogens is 3. The molecule has 2 heterocycles. The van der Waals surface area contributed by atoms with E-state index in [1.54, 1.807) is 0 Å². The molecule has 3 rings (SSSR count). The highest BCUT2D eigenvalue weighted by molar-refractivity contribution is 6.28. The number of ether oxygens (including phenoxy) is 1. The van der Waals surface area contributed by atoms with E-state index in [4.69, 9.17) is 16.3 Å². The molecule has 1 aliphatic carbocycles. The highest BCUT2D eigenvalue weighted by Crippen LogP contribution is 2.31. The number of morpholine rings is 1. The molecule has 7 heteroatoms. The zero-order valence-electron chi connectivity index (χ0n) is 11.7. The van der Waals surface area contributed by atoms with Gasteiger partial charge in [-0.25, -0.2) is 0 Å². The molecule has 0 aromatic carbocycles. The van der Waals surface area contributed by atoms with Crippen molar-refractivity contribution in [2.45, 2.75) is 44.8 Å². The number of nitrogens with zero attached hydrogens (tertiary/aromatic N) is 4. The van der Waals surface area contributed by atoms with Gasteiger partial charge in [0.05, 0.1) is 18.8 Å². The fraction of sp³-hybridized carbons (Fsp3) is 0.769. The molecule has 2 atom stereocenters. The quantitative estimate of drug-likeness (QED) is 0.922. The van der Waals surface area contributed by atoms with Crippen molar-refractivity contribution in [1.82, 2.24) is 15.0 Å². The van der Waals surface area contributed by atoms with E-state index in [1.807, 2.05) is 6.92 Å². The summed E-state index contributed by atoms with van der Waals surface area (Å²) in [6.07, 6.45) is 5.04. The van der Waals surface area contributed by atoms with Crippen LogP contribution in [0, 0.1) is 0 Å². The summed E-state index contributed by atoms with van der Waals surface area (Å²) >= 11 is 6.02. The summed E-state index contributed by atoms with van der Waals surface area (Å²) < 4.78 is 5.88. The Labute approximate surface area is 123 Å². The van der Waals surface area contributed by atoms with Gasteiger partial charge < -0.3 is 15.0 Å². The topological polar surface area (TPSA) is 63.2 Å². The van der Waals surface area contributed by atoms with Gasteiger partial charge in [0, 0.05) is 13.1 Å². The molecule has 0 spiro atoms. The highest BCUT2D eigenvalue weighted by Gasteiger charge is 2.35. The maximum absolute atomic E-state index is 6.02. The predicted octanol–water partition coefficient (Wildman–Crippen LogP) is 2.10. The molecule has 110 valence electrons. The van der Waals surface area contributed by atoms with Crippen LogP contribution < -0.4 is 10.2 Å². The molecule has 0 amide bonds. The van der Waals surface area contributed by atoms with E-state index in [1.165, 1.54) is 12.8 Å². The zero-order chi connectivity index (χ0) is 13.9. The van der Waals surface area contributed by atoms with Crippen LogP contribution in [0.5, 0.6) is 0 Å². The fourth-order valence-corrected chi connectivity index (χ4v) is 3.21. The third kappa shape index (κ3) is 2.81. The lowest BCUT2D eigenvalue weighted by Gasteiger charge is -2.43. The first kappa shape index (κ1) is 13.8. The largest absolute Gasteiger partial charge is 0.374 e. The summed E-state index contributed by atoms with van der Waals surface area (Å²) in [4.78, 5) is 15.1. The van der Waals surface area contributed by atoms with Crippen LogP contribution in [0.3, 0.4) is 0 Å². The summed E-state index contributed by atoms with van der Waals surface area (Å²) in [7, 11) is 0. The predicted molar refractivity (Wildman–Crippen MR) is 78.3 cm³/mol. The molecule has 0 bridgehead atoms. The summed E-state index contributed by atoms with van der Waals surface area (Å²) in [6.45, 7) is 4.30. The molecule has 1 saturated carbocycles. The summed E-state index contributed by atoms with van der Waals surface area (Å²) in [5.74, 6) is 1.21. The number of anilines is 2. The second-order valence-electron chi connectivity index (χ2n) is 5.21. The van der Waals surface area contributed by atoms with Gasteiger partial charge in [-0.15, -0.1) is 0 Å². The average molecular weight is 298 g/mol. The van der Waals surface area contributed by atoms with Gasteiger partial charge in [-0.3, -0.25) is 0 Å². The number of fused-ring (bicyclic) bond motifs is 1. The first-order valence-electron chi connectivity index (χ1n) is 7.31. The Morgan fingerprint density at radius 2 is 2.15 bits per heavy atom. The first-order chi connectivity index (χ1) is 9.78. The number of hydrogen-bond acceptors (Lipinski definition) is 6. The molecule has 1 aromatic rings.